The molecule has 2 heterocycles. The molecule has 0 aliphatic carbocycles. The number of methoxy groups -OCH3 is 1. The zero-order chi connectivity index (χ0) is 15.5. The summed E-state index contributed by atoms with van der Waals surface area (Å²) >= 11 is 0. The molecular formula is C15H18N4O3. The van der Waals surface area contributed by atoms with Gasteiger partial charge in [-0.1, -0.05) is 13.0 Å². The fourth-order valence-corrected chi connectivity index (χ4v) is 2.18. The predicted molar refractivity (Wildman–Crippen MR) is 82.3 cm³/mol. The molecule has 7 heteroatoms. The van der Waals surface area contributed by atoms with E-state index < -0.39 is 0 Å². The van der Waals surface area contributed by atoms with Gasteiger partial charge in [0.05, 0.1) is 7.11 Å². The molecule has 116 valence electrons. The maximum atomic E-state index is 6.01. The van der Waals surface area contributed by atoms with Crippen LogP contribution in [0.5, 0.6) is 17.4 Å². The summed E-state index contributed by atoms with van der Waals surface area (Å²) in [5.74, 6) is 3.16. The monoisotopic (exact) mass is 302 g/mol. The summed E-state index contributed by atoms with van der Waals surface area (Å²) in [5.41, 5.74) is 7.46. The van der Waals surface area contributed by atoms with E-state index in [0.717, 1.165) is 17.1 Å². The van der Waals surface area contributed by atoms with E-state index in [1.54, 1.807) is 7.11 Å². The first-order chi connectivity index (χ1) is 10.7. The van der Waals surface area contributed by atoms with E-state index in [9.17, 15) is 0 Å². The van der Waals surface area contributed by atoms with E-state index in [2.05, 4.69) is 15.3 Å². The molecule has 1 aromatic carbocycles. The minimum absolute atomic E-state index is 0.266. The number of nitrogens with zero attached hydrogens (tertiary/aromatic N) is 2. The molecular weight excluding hydrogens is 284 g/mol. The molecule has 0 saturated heterocycles. The van der Waals surface area contributed by atoms with Gasteiger partial charge >= 0.3 is 0 Å². The van der Waals surface area contributed by atoms with E-state index >= 15 is 0 Å². The van der Waals surface area contributed by atoms with Crippen molar-refractivity contribution in [1.29, 1.82) is 0 Å². The summed E-state index contributed by atoms with van der Waals surface area (Å²) in [4.78, 5) is 8.64. The third-order valence-electron chi connectivity index (χ3n) is 3.36. The summed E-state index contributed by atoms with van der Waals surface area (Å²) < 4.78 is 15.9. The number of ether oxygens (including phenoxy) is 3. The molecule has 0 amide bonds. The highest BCUT2D eigenvalue weighted by atomic mass is 16.7. The number of nitrogen functional groups attached to an aromatic ring is 1. The van der Waals surface area contributed by atoms with Crippen molar-refractivity contribution in [3.8, 4) is 17.4 Å². The number of aryl methyl sites for hydroxylation is 1. The molecule has 1 aliphatic rings. The minimum atomic E-state index is 0.266. The molecule has 7 nitrogen and oxygen atoms in total. The number of hydrogen-bond acceptors (Lipinski definition) is 7. The second kappa shape index (κ2) is 5.97. The van der Waals surface area contributed by atoms with Gasteiger partial charge in [-0.15, -0.1) is 0 Å². The summed E-state index contributed by atoms with van der Waals surface area (Å²) in [7, 11) is 1.54. The van der Waals surface area contributed by atoms with Gasteiger partial charge in [-0.05, 0) is 17.7 Å². The van der Waals surface area contributed by atoms with Gasteiger partial charge in [-0.25, -0.2) is 4.98 Å². The first-order valence-corrected chi connectivity index (χ1v) is 7.04. The third kappa shape index (κ3) is 2.69. The molecule has 0 spiro atoms. The molecule has 3 rings (SSSR count). The molecule has 22 heavy (non-hydrogen) atoms. The van der Waals surface area contributed by atoms with Crippen LogP contribution in [0.15, 0.2) is 18.2 Å². The molecule has 0 bridgehead atoms. The number of rotatable bonds is 5. The summed E-state index contributed by atoms with van der Waals surface area (Å²) in [6.07, 6.45) is 0.704. The summed E-state index contributed by atoms with van der Waals surface area (Å²) in [6.45, 7) is 2.80. The fourth-order valence-electron chi connectivity index (χ4n) is 2.18. The van der Waals surface area contributed by atoms with Crippen molar-refractivity contribution in [2.24, 2.45) is 0 Å². The number of nitrogens with one attached hydrogen (secondary N) is 1. The molecule has 0 saturated carbocycles. The lowest BCUT2D eigenvalue weighted by Gasteiger charge is -2.12. The number of hydrogen-bond donors (Lipinski definition) is 2. The Morgan fingerprint density at radius 1 is 1.27 bits per heavy atom. The molecule has 1 aliphatic heterocycles. The van der Waals surface area contributed by atoms with Crippen molar-refractivity contribution >= 4 is 11.5 Å². The van der Waals surface area contributed by atoms with Gasteiger partial charge in [0.1, 0.15) is 11.5 Å². The summed E-state index contributed by atoms with van der Waals surface area (Å²) in [6, 6.07) is 5.79. The second-order valence-electron chi connectivity index (χ2n) is 4.81. The van der Waals surface area contributed by atoms with Gasteiger partial charge in [0.2, 0.25) is 12.7 Å². The van der Waals surface area contributed by atoms with E-state index in [4.69, 9.17) is 19.9 Å². The topological polar surface area (TPSA) is 91.5 Å². The van der Waals surface area contributed by atoms with Crippen molar-refractivity contribution in [1.82, 2.24) is 9.97 Å². The largest absolute Gasteiger partial charge is 0.479 e. The van der Waals surface area contributed by atoms with Crippen LogP contribution < -0.4 is 25.3 Å². The molecule has 2 aromatic rings. The van der Waals surface area contributed by atoms with E-state index in [-0.39, 0.29) is 6.79 Å². The van der Waals surface area contributed by atoms with Gasteiger partial charge in [0.25, 0.3) is 0 Å². The zero-order valence-corrected chi connectivity index (χ0v) is 12.5. The number of benzene rings is 1. The van der Waals surface area contributed by atoms with Crippen LogP contribution in [-0.4, -0.2) is 23.9 Å². The smallest absolute Gasteiger partial charge is 0.242 e. The molecule has 0 atom stereocenters. The second-order valence-corrected chi connectivity index (χ2v) is 4.81. The number of fused-ring (bicyclic) bond motifs is 1. The van der Waals surface area contributed by atoms with Crippen molar-refractivity contribution in [2.75, 3.05) is 25.0 Å². The normalized spacial score (nSPS) is 12.3. The van der Waals surface area contributed by atoms with Crippen LogP contribution in [0, 0.1) is 0 Å². The van der Waals surface area contributed by atoms with Gasteiger partial charge in [0, 0.05) is 13.0 Å². The van der Waals surface area contributed by atoms with E-state index in [1.807, 2.05) is 25.1 Å². The Kier molecular flexibility index (Phi) is 3.86. The Morgan fingerprint density at radius 2 is 2.09 bits per heavy atom. The standard InChI is InChI=1S/C15H18N4O3/c1-3-12-18-14(13(16)15(19-12)20-2)17-7-9-4-5-10-11(6-9)22-8-21-10/h4-6H,3,7-8,16H2,1-2H3,(H,17,18,19). The SMILES string of the molecule is CCc1nc(NCc2ccc3c(c2)OCO3)c(N)c(OC)n1. The summed E-state index contributed by atoms with van der Waals surface area (Å²) in [5, 5.41) is 3.22. The molecule has 3 N–H and O–H groups in total. The van der Waals surface area contributed by atoms with Crippen molar-refractivity contribution in [3.05, 3.63) is 29.6 Å². The van der Waals surface area contributed by atoms with Crippen LogP contribution in [0.25, 0.3) is 0 Å². The number of anilines is 2. The van der Waals surface area contributed by atoms with Crippen molar-refractivity contribution in [2.45, 2.75) is 19.9 Å². The maximum Gasteiger partial charge on any atom is 0.242 e. The Bertz CT molecular complexity index is 691. The van der Waals surface area contributed by atoms with Crippen molar-refractivity contribution in [3.63, 3.8) is 0 Å². The Labute approximate surface area is 128 Å². The Balaban J connectivity index is 1.78. The van der Waals surface area contributed by atoms with Gasteiger partial charge in [0.15, 0.2) is 17.3 Å². The lowest BCUT2D eigenvalue weighted by Crippen LogP contribution is -2.09. The number of aromatic nitrogens is 2. The molecule has 0 fully saturated rings. The highest BCUT2D eigenvalue weighted by molar-refractivity contribution is 5.67. The Hall–Kier alpha value is -2.70. The molecule has 0 unspecified atom stereocenters. The predicted octanol–water partition coefficient (Wildman–Crippen LogP) is 1.97. The van der Waals surface area contributed by atoms with Crippen molar-refractivity contribution < 1.29 is 14.2 Å². The maximum absolute atomic E-state index is 6.01. The van der Waals surface area contributed by atoms with Crippen LogP contribution in [0.1, 0.15) is 18.3 Å². The average Bonchev–Trinajstić information content (AvgIpc) is 3.01. The average molecular weight is 302 g/mol. The first kappa shape index (κ1) is 14.2. The zero-order valence-electron chi connectivity index (χ0n) is 12.5. The first-order valence-electron chi connectivity index (χ1n) is 7.04. The lowest BCUT2D eigenvalue weighted by atomic mass is 10.2. The highest BCUT2D eigenvalue weighted by Gasteiger charge is 2.14. The molecule has 1 aromatic heterocycles. The Morgan fingerprint density at radius 3 is 2.86 bits per heavy atom. The number of nitrogens with two attached hydrogens (primary N) is 1. The van der Waals surface area contributed by atoms with Crippen LogP contribution in [0.4, 0.5) is 11.5 Å². The fraction of sp³-hybridized carbons (Fsp3) is 0.333. The molecule has 0 radical (unpaired) electrons. The van der Waals surface area contributed by atoms with Gasteiger partial charge in [-0.3, -0.25) is 0 Å². The van der Waals surface area contributed by atoms with Crippen LogP contribution >= 0.6 is 0 Å². The van der Waals surface area contributed by atoms with Gasteiger partial charge < -0.3 is 25.3 Å². The van der Waals surface area contributed by atoms with Gasteiger partial charge in [-0.2, -0.15) is 4.98 Å². The highest BCUT2D eigenvalue weighted by Crippen LogP contribution is 2.33. The van der Waals surface area contributed by atoms with E-state index in [0.29, 0.717) is 36.2 Å². The minimum Gasteiger partial charge on any atom is -0.479 e. The van der Waals surface area contributed by atoms with Crippen LogP contribution in [0.2, 0.25) is 0 Å². The van der Waals surface area contributed by atoms with Crippen LogP contribution in [-0.2, 0) is 13.0 Å². The lowest BCUT2D eigenvalue weighted by molar-refractivity contribution is 0.174. The van der Waals surface area contributed by atoms with E-state index in [1.165, 1.54) is 0 Å². The quantitative estimate of drug-likeness (QED) is 0.872. The van der Waals surface area contributed by atoms with Crippen LogP contribution in [0.3, 0.4) is 0 Å². The third-order valence-corrected chi connectivity index (χ3v) is 3.36.